The van der Waals surface area contributed by atoms with Gasteiger partial charge in [0, 0.05) is 36.8 Å². The van der Waals surface area contributed by atoms with Crippen molar-refractivity contribution in [2.45, 2.75) is 54.6 Å². The molecule has 8 nitrogen and oxygen atoms in total. The number of nitrogens with zero attached hydrogens (tertiary/aromatic N) is 2. The molecule has 1 saturated carbocycles. The zero-order valence-electron chi connectivity index (χ0n) is 18.6. The van der Waals surface area contributed by atoms with E-state index in [-0.39, 0.29) is 45.7 Å². The summed E-state index contributed by atoms with van der Waals surface area (Å²) in [6.45, 7) is 0.00851. The van der Waals surface area contributed by atoms with Crippen molar-refractivity contribution in [3.63, 3.8) is 0 Å². The normalized spacial score (nSPS) is 23.8. The molecule has 0 radical (unpaired) electrons. The fourth-order valence-electron chi connectivity index (χ4n) is 4.47. The summed E-state index contributed by atoms with van der Waals surface area (Å²) in [6, 6.07) is 4.92. The Kier molecular flexibility index (Phi) is 7.77. The number of carbonyl (C=O) groups excluding carboxylic acids is 2. The quantitative estimate of drug-likeness (QED) is 0.599. The lowest BCUT2D eigenvalue weighted by molar-refractivity contribution is -0.132. The first-order valence-corrected chi connectivity index (χ1v) is 13.8. The van der Waals surface area contributed by atoms with Crippen LogP contribution in [-0.4, -0.2) is 60.8 Å². The predicted molar refractivity (Wildman–Crippen MR) is 127 cm³/mol. The molecule has 2 aliphatic rings. The van der Waals surface area contributed by atoms with E-state index in [0.29, 0.717) is 31.7 Å². The molecule has 1 aromatic carbocycles. The van der Waals surface area contributed by atoms with E-state index in [2.05, 4.69) is 5.32 Å². The van der Waals surface area contributed by atoms with Crippen molar-refractivity contribution in [2.24, 2.45) is 5.73 Å². The van der Waals surface area contributed by atoms with Crippen LogP contribution >= 0.6 is 22.9 Å². The molecule has 1 saturated heterocycles. The van der Waals surface area contributed by atoms with Crippen molar-refractivity contribution in [3.8, 4) is 0 Å². The van der Waals surface area contributed by atoms with Gasteiger partial charge in [-0.1, -0.05) is 11.6 Å². The van der Waals surface area contributed by atoms with Gasteiger partial charge in [0.25, 0.3) is 21.8 Å². The van der Waals surface area contributed by atoms with Crippen LogP contribution in [0.25, 0.3) is 0 Å². The molecule has 2 heterocycles. The SMILES string of the molecule is NC1CCC(NC(=O)C2N(C(=O)c3cc(F)cc(F)c3)CCCN2S(=O)(=O)c2ccc(Cl)s2)CC1. The maximum atomic E-state index is 13.8. The van der Waals surface area contributed by atoms with Gasteiger partial charge >= 0.3 is 0 Å². The number of nitrogens with two attached hydrogens (primary N) is 1. The van der Waals surface area contributed by atoms with Crippen LogP contribution in [-0.2, 0) is 14.8 Å². The van der Waals surface area contributed by atoms with Gasteiger partial charge in [0.05, 0.1) is 4.34 Å². The number of carbonyl (C=O) groups is 2. The van der Waals surface area contributed by atoms with Crippen molar-refractivity contribution in [1.82, 2.24) is 14.5 Å². The number of hydrogen-bond donors (Lipinski definition) is 2. The molecule has 1 aliphatic carbocycles. The van der Waals surface area contributed by atoms with Gasteiger partial charge in [-0.25, -0.2) is 17.2 Å². The lowest BCUT2D eigenvalue weighted by atomic mass is 9.92. The summed E-state index contributed by atoms with van der Waals surface area (Å²) in [5, 5.41) is 2.86. The van der Waals surface area contributed by atoms with Crippen LogP contribution in [0.15, 0.2) is 34.5 Å². The Morgan fingerprint density at radius 3 is 2.31 bits per heavy atom. The molecule has 1 aromatic heterocycles. The van der Waals surface area contributed by atoms with E-state index in [4.69, 9.17) is 17.3 Å². The van der Waals surface area contributed by atoms with E-state index in [0.717, 1.165) is 32.7 Å². The number of rotatable bonds is 5. The summed E-state index contributed by atoms with van der Waals surface area (Å²) < 4.78 is 55.8. The van der Waals surface area contributed by atoms with E-state index in [9.17, 15) is 26.8 Å². The van der Waals surface area contributed by atoms with Gasteiger partial charge in [0.2, 0.25) is 0 Å². The molecule has 2 fully saturated rings. The van der Waals surface area contributed by atoms with E-state index in [1.807, 2.05) is 0 Å². The van der Waals surface area contributed by atoms with Crippen molar-refractivity contribution in [1.29, 1.82) is 0 Å². The number of hydrogen-bond acceptors (Lipinski definition) is 6. The molecule has 1 atom stereocenters. The first-order valence-electron chi connectivity index (χ1n) is 11.2. The monoisotopic (exact) mass is 546 g/mol. The third-order valence-corrected chi connectivity index (χ3v) is 9.73. The van der Waals surface area contributed by atoms with E-state index >= 15 is 0 Å². The lowest BCUT2D eigenvalue weighted by Crippen LogP contribution is -2.64. The molecule has 1 aliphatic heterocycles. The highest BCUT2D eigenvalue weighted by Gasteiger charge is 2.45. The number of benzene rings is 1. The number of amides is 2. The first-order chi connectivity index (χ1) is 16.6. The molecule has 0 spiro atoms. The Labute approximate surface area is 211 Å². The third kappa shape index (κ3) is 5.67. The topological polar surface area (TPSA) is 113 Å². The maximum absolute atomic E-state index is 13.8. The molecule has 2 aromatic rings. The molecular weight excluding hydrogens is 522 g/mol. The van der Waals surface area contributed by atoms with Gasteiger partial charge in [0.15, 0.2) is 6.17 Å². The van der Waals surface area contributed by atoms with Crippen LogP contribution in [0.2, 0.25) is 4.34 Å². The van der Waals surface area contributed by atoms with Gasteiger partial charge in [0.1, 0.15) is 15.8 Å². The number of nitrogens with one attached hydrogen (secondary N) is 1. The minimum atomic E-state index is -4.21. The van der Waals surface area contributed by atoms with Crippen molar-refractivity contribution in [3.05, 3.63) is 51.9 Å². The summed E-state index contributed by atoms with van der Waals surface area (Å²) in [5.41, 5.74) is 5.63. The molecule has 4 rings (SSSR count). The zero-order chi connectivity index (χ0) is 25.3. The maximum Gasteiger partial charge on any atom is 0.259 e. The van der Waals surface area contributed by atoms with Gasteiger partial charge in [-0.2, -0.15) is 4.31 Å². The summed E-state index contributed by atoms with van der Waals surface area (Å²) in [5.74, 6) is -3.44. The Morgan fingerprint density at radius 2 is 1.71 bits per heavy atom. The van der Waals surface area contributed by atoms with Crippen LogP contribution in [0, 0.1) is 11.6 Å². The molecule has 190 valence electrons. The lowest BCUT2D eigenvalue weighted by Gasteiger charge is -2.42. The van der Waals surface area contributed by atoms with Crippen LogP contribution in [0.3, 0.4) is 0 Å². The van der Waals surface area contributed by atoms with Gasteiger partial charge < -0.3 is 16.0 Å². The van der Waals surface area contributed by atoms with Crippen molar-refractivity contribution < 1.29 is 26.8 Å². The average molecular weight is 547 g/mol. The minimum Gasteiger partial charge on any atom is -0.350 e. The third-order valence-electron chi connectivity index (χ3n) is 6.18. The van der Waals surface area contributed by atoms with Crippen LogP contribution in [0.1, 0.15) is 42.5 Å². The standard InChI is InChI=1S/C22H25ClF2N4O4S2/c23-18-6-7-19(34-18)35(32,33)29-9-1-8-28(22(31)13-10-14(24)12-15(25)11-13)21(29)20(30)27-17-4-2-16(26)3-5-17/h6-7,10-12,16-17,21H,1-5,8-9,26H2,(H,27,30). The van der Waals surface area contributed by atoms with Crippen molar-refractivity contribution in [2.75, 3.05) is 13.1 Å². The Bertz CT molecular complexity index is 1200. The van der Waals surface area contributed by atoms with Crippen molar-refractivity contribution >= 4 is 44.8 Å². The summed E-state index contributed by atoms with van der Waals surface area (Å²) in [6.07, 6.45) is 1.34. The van der Waals surface area contributed by atoms with Crippen LogP contribution < -0.4 is 11.1 Å². The Balaban J connectivity index is 1.69. The zero-order valence-corrected chi connectivity index (χ0v) is 21.0. The van der Waals surface area contributed by atoms with E-state index in [1.54, 1.807) is 0 Å². The highest BCUT2D eigenvalue weighted by Crippen LogP contribution is 2.32. The van der Waals surface area contributed by atoms with E-state index in [1.165, 1.54) is 12.1 Å². The average Bonchev–Trinajstić information content (AvgIpc) is 3.26. The fraction of sp³-hybridized carbons (Fsp3) is 0.455. The Hall–Kier alpha value is -2.12. The first kappa shape index (κ1) is 26.0. The van der Waals surface area contributed by atoms with E-state index < -0.39 is 39.6 Å². The number of sulfonamides is 1. The second-order valence-electron chi connectivity index (χ2n) is 8.68. The minimum absolute atomic E-state index is 0.0211. The van der Waals surface area contributed by atoms with Gasteiger partial charge in [-0.05, 0) is 56.4 Å². The van der Waals surface area contributed by atoms with Crippen LogP contribution in [0.4, 0.5) is 8.78 Å². The number of thiophene rings is 1. The molecular formula is C22H25ClF2N4O4S2. The predicted octanol–water partition coefficient (Wildman–Crippen LogP) is 2.93. The Morgan fingerprint density at radius 1 is 1.06 bits per heavy atom. The molecule has 13 heteroatoms. The smallest absolute Gasteiger partial charge is 0.259 e. The highest BCUT2D eigenvalue weighted by atomic mass is 35.5. The molecule has 1 unspecified atom stereocenters. The number of halogens is 3. The summed E-state index contributed by atoms with van der Waals surface area (Å²) in [4.78, 5) is 27.9. The summed E-state index contributed by atoms with van der Waals surface area (Å²) in [7, 11) is -4.21. The second-order valence-corrected chi connectivity index (χ2v) is 12.5. The largest absolute Gasteiger partial charge is 0.350 e. The van der Waals surface area contributed by atoms with Gasteiger partial charge in [-0.3, -0.25) is 9.59 Å². The molecule has 35 heavy (non-hydrogen) atoms. The molecule has 0 bridgehead atoms. The second kappa shape index (κ2) is 10.5. The molecule has 3 N–H and O–H groups in total. The highest BCUT2D eigenvalue weighted by molar-refractivity contribution is 7.91. The van der Waals surface area contributed by atoms with Crippen LogP contribution in [0.5, 0.6) is 0 Å². The molecule has 2 amide bonds. The summed E-state index contributed by atoms with van der Waals surface area (Å²) >= 11 is 6.78. The fourth-order valence-corrected chi connectivity index (χ4v) is 7.67. The van der Waals surface area contributed by atoms with Gasteiger partial charge in [-0.15, -0.1) is 11.3 Å².